The quantitative estimate of drug-likeness (QED) is 0.811. The molecule has 1 N–H and O–H groups in total. The number of nitrogens with zero attached hydrogens (tertiary/aromatic N) is 2. The van der Waals surface area contributed by atoms with E-state index in [-0.39, 0.29) is 17.9 Å². The monoisotopic (exact) mass is 207 g/mol. The van der Waals surface area contributed by atoms with E-state index in [1.807, 2.05) is 16.9 Å². The Hall–Kier alpha value is -1.32. The Bertz CT molecular complexity index is 358. The molecule has 1 saturated heterocycles. The Kier molecular flexibility index (Phi) is 2.75. The van der Waals surface area contributed by atoms with Crippen molar-refractivity contribution in [2.45, 2.75) is 45.2 Å². The van der Waals surface area contributed by atoms with E-state index < -0.39 is 0 Å². The van der Waals surface area contributed by atoms with Crippen LogP contribution in [0.15, 0.2) is 12.3 Å². The van der Waals surface area contributed by atoms with Crippen molar-refractivity contribution < 1.29 is 4.79 Å². The van der Waals surface area contributed by atoms with E-state index >= 15 is 0 Å². The van der Waals surface area contributed by atoms with Gasteiger partial charge in [-0.2, -0.15) is 5.10 Å². The zero-order valence-electron chi connectivity index (χ0n) is 9.23. The minimum atomic E-state index is 0.150. The highest BCUT2D eigenvalue weighted by Gasteiger charge is 2.32. The fourth-order valence-electron chi connectivity index (χ4n) is 2.21. The highest BCUT2D eigenvalue weighted by Crippen LogP contribution is 2.27. The van der Waals surface area contributed by atoms with E-state index in [0.717, 1.165) is 13.0 Å². The summed E-state index contributed by atoms with van der Waals surface area (Å²) >= 11 is 0. The van der Waals surface area contributed by atoms with Crippen molar-refractivity contribution in [3.05, 3.63) is 18.0 Å². The average molecular weight is 207 g/mol. The van der Waals surface area contributed by atoms with Crippen LogP contribution in [0.1, 0.15) is 38.3 Å². The van der Waals surface area contributed by atoms with Crippen LogP contribution in [0.5, 0.6) is 0 Å². The van der Waals surface area contributed by atoms with Gasteiger partial charge in [-0.3, -0.25) is 9.48 Å². The summed E-state index contributed by atoms with van der Waals surface area (Å²) in [5, 5.41) is 7.23. The third-order valence-electron chi connectivity index (χ3n) is 2.96. The Balaban J connectivity index is 2.21. The Morgan fingerprint density at radius 3 is 3.07 bits per heavy atom. The molecule has 0 aliphatic carbocycles. The van der Waals surface area contributed by atoms with Crippen molar-refractivity contribution in [3.8, 4) is 0 Å². The molecule has 2 heterocycles. The number of hydrogen-bond acceptors (Lipinski definition) is 2. The van der Waals surface area contributed by atoms with Crippen molar-refractivity contribution in [2.24, 2.45) is 0 Å². The number of hydrogen-bond donors (Lipinski definition) is 1. The molecule has 2 rings (SSSR count). The number of amides is 1. The third kappa shape index (κ3) is 1.89. The van der Waals surface area contributed by atoms with Gasteiger partial charge < -0.3 is 5.32 Å². The van der Waals surface area contributed by atoms with Gasteiger partial charge in [0.15, 0.2) is 0 Å². The first-order valence-corrected chi connectivity index (χ1v) is 5.53. The fraction of sp³-hybridized carbons (Fsp3) is 0.636. The average Bonchev–Trinajstić information content (AvgIpc) is 2.73. The Morgan fingerprint density at radius 1 is 1.67 bits per heavy atom. The van der Waals surface area contributed by atoms with Gasteiger partial charge in [0.2, 0.25) is 5.91 Å². The van der Waals surface area contributed by atoms with Crippen LogP contribution in [0, 0.1) is 0 Å². The Labute approximate surface area is 89.7 Å². The van der Waals surface area contributed by atoms with E-state index in [0.29, 0.717) is 6.42 Å². The molecule has 4 heteroatoms. The van der Waals surface area contributed by atoms with Crippen LogP contribution >= 0.6 is 0 Å². The van der Waals surface area contributed by atoms with Crippen molar-refractivity contribution in [3.63, 3.8) is 0 Å². The van der Waals surface area contributed by atoms with Crippen LogP contribution in [0.4, 0.5) is 0 Å². The van der Waals surface area contributed by atoms with Crippen LogP contribution in [0.3, 0.4) is 0 Å². The van der Waals surface area contributed by atoms with Gasteiger partial charge in [-0.05, 0) is 19.4 Å². The van der Waals surface area contributed by atoms with Crippen molar-refractivity contribution >= 4 is 5.91 Å². The lowest BCUT2D eigenvalue weighted by molar-refractivity contribution is -0.119. The van der Waals surface area contributed by atoms with E-state index in [1.165, 1.54) is 5.69 Å². The molecule has 0 bridgehead atoms. The Morgan fingerprint density at radius 2 is 2.47 bits per heavy atom. The van der Waals surface area contributed by atoms with Crippen LogP contribution in [0.2, 0.25) is 0 Å². The van der Waals surface area contributed by atoms with E-state index in [9.17, 15) is 4.79 Å². The molecule has 0 saturated carbocycles. The molecule has 2 unspecified atom stereocenters. The highest BCUT2D eigenvalue weighted by molar-refractivity contribution is 5.80. The van der Waals surface area contributed by atoms with Gasteiger partial charge in [0.05, 0.1) is 0 Å². The lowest BCUT2D eigenvalue weighted by atomic mass is 9.98. The standard InChI is InChI=1S/C11H17N3O/c1-3-6-14-10(4-5-12-14)9-7-11(15)13-8(9)2/h4-5,8-9H,3,6-7H2,1-2H3,(H,13,15). The topological polar surface area (TPSA) is 46.9 Å². The van der Waals surface area contributed by atoms with Crippen molar-refractivity contribution in [1.29, 1.82) is 0 Å². The lowest BCUT2D eigenvalue weighted by Gasteiger charge is -2.15. The molecule has 82 valence electrons. The number of aryl methyl sites for hydroxylation is 1. The van der Waals surface area contributed by atoms with E-state index in [1.54, 1.807) is 0 Å². The molecule has 1 aliphatic rings. The summed E-state index contributed by atoms with van der Waals surface area (Å²) in [5.74, 6) is 0.434. The first kappa shape index (κ1) is 10.2. The molecule has 1 aromatic rings. The number of carbonyl (C=O) groups excluding carboxylic acids is 1. The lowest BCUT2D eigenvalue weighted by Crippen LogP contribution is -2.25. The van der Waals surface area contributed by atoms with Gasteiger partial charge >= 0.3 is 0 Å². The molecular formula is C11H17N3O. The van der Waals surface area contributed by atoms with Gasteiger partial charge in [0.25, 0.3) is 0 Å². The summed E-state index contributed by atoms with van der Waals surface area (Å²) in [7, 11) is 0. The van der Waals surface area contributed by atoms with E-state index in [4.69, 9.17) is 0 Å². The first-order valence-electron chi connectivity index (χ1n) is 5.53. The summed E-state index contributed by atoms with van der Waals surface area (Å²) in [6.45, 7) is 5.12. The van der Waals surface area contributed by atoms with E-state index in [2.05, 4.69) is 24.3 Å². The molecular weight excluding hydrogens is 190 g/mol. The molecule has 1 aliphatic heterocycles. The minimum absolute atomic E-state index is 0.150. The molecule has 15 heavy (non-hydrogen) atoms. The summed E-state index contributed by atoms with van der Waals surface area (Å²) in [4.78, 5) is 11.3. The molecule has 1 amide bonds. The summed E-state index contributed by atoms with van der Waals surface area (Å²) < 4.78 is 2.02. The highest BCUT2D eigenvalue weighted by atomic mass is 16.2. The maximum absolute atomic E-state index is 11.3. The van der Waals surface area contributed by atoms with Crippen LogP contribution in [0.25, 0.3) is 0 Å². The molecule has 0 radical (unpaired) electrons. The van der Waals surface area contributed by atoms with Crippen molar-refractivity contribution in [2.75, 3.05) is 0 Å². The zero-order valence-corrected chi connectivity index (χ0v) is 9.23. The maximum Gasteiger partial charge on any atom is 0.220 e. The van der Waals surface area contributed by atoms with Gasteiger partial charge in [-0.15, -0.1) is 0 Å². The second kappa shape index (κ2) is 4.04. The SMILES string of the molecule is CCCn1nccc1C1CC(=O)NC1C. The molecule has 2 atom stereocenters. The second-order valence-electron chi connectivity index (χ2n) is 4.15. The van der Waals surface area contributed by atoms with Gasteiger partial charge in [-0.1, -0.05) is 6.92 Å². The molecule has 4 nitrogen and oxygen atoms in total. The van der Waals surface area contributed by atoms with Crippen LogP contribution < -0.4 is 5.32 Å². The number of rotatable bonds is 3. The predicted octanol–water partition coefficient (Wildman–Crippen LogP) is 1.29. The summed E-state index contributed by atoms with van der Waals surface area (Å²) in [6.07, 6.45) is 3.48. The number of nitrogens with one attached hydrogen (secondary N) is 1. The minimum Gasteiger partial charge on any atom is -0.353 e. The summed E-state index contributed by atoms with van der Waals surface area (Å²) in [6, 6.07) is 2.25. The third-order valence-corrected chi connectivity index (χ3v) is 2.96. The normalized spacial score (nSPS) is 25.6. The van der Waals surface area contributed by atoms with Gasteiger partial charge in [0, 0.05) is 36.8 Å². The largest absolute Gasteiger partial charge is 0.353 e. The van der Waals surface area contributed by atoms with Gasteiger partial charge in [0.1, 0.15) is 0 Å². The molecule has 1 fully saturated rings. The number of carbonyl (C=O) groups is 1. The first-order chi connectivity index (χ1) is 7.22. The number of aromatic nitrogens is 2. The molecule has 1 aromatic heterocycles. The van der Waals surface area contributed by atoms with Crippen molar-refractivity contribution in [1.82, 2.24) is 15.1 Å². The summed E-state index contributed by atoms with van der Waals surface area (Å²) in [5.41, 5.74) is 1.18. The fourth-order valence-corrected chi connectivity index (χ4v) is 2.21. The smallest absolute Gasteiger partial charge is 0.220 e. The maximum atomic E-state index is 11.3. The second-order valence-corrected chi connectivity index (χ2v) is 4.15. The van der Waals surface area contributed by atoms with Crippen LogP contribution in [-0.4, -0.2) is 21.7 Å². The zero-order chi connectivity index (χ0) is 10.8. The molecule has 0 spiro atoms. The van der Waals surface area contributed by atoms with Crippen LogP contribution in [-0.2, 0) is 11.3 Å². The predicted molar refractivity (Wildman–Crippen MR) is 57.5 cm³/mol. The molecule has 0 aromatic carbocycles. The van der Waals surface area contributed by atoms with Gasteiger partial charge in [-0.25, -0.2) is 0 Å².